The number of H-pyrrole nitrogens is 1. The Morgan fingerprint density at radius 3 is 2.75 bits per heavy atom. The Bertz CT molecular complexity index is 651. The van der Waals surface area contributed by atoms with Crippen molar-refractivity contribution in [2.75, 3.05) is 6.67 Å². The zero-order valence-electron chi connectivity index (χ0n) is 10.9. The average Bonchev–Trinajstić information content (AvgIpc) is 2.72. The number of carbonyl (C=O) groups excluding carboxylic acids is 1. The molecule has 1 unspecified atom stereocenters. The molecule has 1 aromatic heterocycles. The highest BCUT2D eigenvalue weighted by molar-refractivity contribution is 5.91. The Kier molecular flexibility index (Phi) is 4.02. The molecule has 0 saturated heterocycles. The van der Waals surface area contributed by atoms with Crippen molar-refractivity contribution in [2.45, 2.75) is 19.4 Å². The van der Waals surface area contributed by atoms with Crippen LogP contribution in [0.4, 0.5) is 4.39 Å². The standard InChI is InChI=1S/C14H15FN2O3/c1-8-10(9-4-2-3-5-11(9)16-8)6-13(18)17-12(7-15)14(19)20/h2-5,12,16H,6-7H2,1H3,(H,17,18)(H,19,20). The molecule has 1 heterocycles. The molecule has 2 rings (SSSR count). The van der Waals surface area contributed by atoms with Crippen molar-refractivity contribution in [2.24, 2.45) is 0 Å². The first-order chi connectivity index (χ1) is 9.52. The topological polar surface area (TPSA) is 82.2 Å². The number of hydrogen-bond donors (Lipinski definition) is 3. The van der Waals surface area contributed by atoms with Gasteiger partial charge in [-0.2, -0.15) is 0 Å². The molecule has 3 N–H and O–H groups in total. The first-order valence-corrected chi connectivity index (χ1v) is 6.17. The number of aromatic amines is 1. The number of carboxylic acids is 1. The fourth-order valence-corrected chi connectivity index (χ4v) is 2.13. The van der Waals surface area contributed by atoms with E-state index in [9.17, 15) is 14.0 Å². The molecule has 1 atom stereocenters. The lowest BCUT2D eigenvalue weighted by Gasteiger charge is -2.10. The number of halogens is 1. The molecule has 0 aliphatic carbocycles. The first-order valence-electron chi connectivity index (χ1n) is 6.17. The summed E-state index contributed by atoms with van der Waals surface area (Å²) in [7, 11) is 0. The molecule has 1 aromatic carbocycles. The van der Waals surface area contributed by atoms with E-state index in [1.54, 1.807) is 0 Å². The van der Waals surface area contributed by atoms with Crippen LogP contribution in [-0.4, -0.2) is 34.7 Å². The molecule has 0 saturated carbocycles. The number of aryl methyl sites for hydroxylation is 1. The second-order valence-electron chi connectivity index (χ2n) is 4.56. The van der Waals surface area contributed by atoms with Gasteiger partial charge in [0.15, 0.2) is 6.04 Å². The molecule has 5 nitrogen and oxygen atoms in total. The highest BCUT2D eigenvalue weighted by atomic mass is 19.1. The van der Waals surface area contributed by atoms with Gasteiger partial charge >= 0.3 is 5.97 Å². The highest BCUT2D eigenvalue weighted by Gasteiger charge is 2.20. The lowest BCUT2D eigenvalue weighted by molar-refractivity contribution is -0.142. The van der Waals surface area contributed by atoms with E-state index in [0.717, 1.165) is 22.2 Å². The zero-order chi connectivity index (χ0) is 14.7. The maximum Gasteiger partial charge on any atom is 0.328 e. The first kappa shape index (κ1) is 14.0. The fourth-order valence-electron chi connectivity index (χ4n) is 2.13. The lowest BCUT2D eigenvalue weighted by atomic mass is 10.1. The predicted molar refractivity (Wildman–Crippen MR) is 72.3 cm³/mol. The largest absolute Gasteiger partial charge is 0.480 e. The Balaban J connectivity index is 2.18. The minimum absolute atomic E-state index is 0.0135. The van der Waals surface area contributed by atoms with Crippen LogP contribution in [0.5, 0.6) is 0 Å². The third-order valence-corrected chi connectivity index (χ3v) is 3.15. The van der Waals surface area contributed by atoms with Crippen molar-refractivity contribution in [3.63, 3.8) is 0 Å². The summed E-state index contributed by atoms with van der Waals surface area (Å²) in [6.07, 6.45) is 0.0135. The van der Waals surface area contributed by atoms with Crippen LogP contribution < -0.4 is 5.32 Å². The van der Waals surface area contributed by atoms with Crippen molar-refractivity contribution in [3.8, 4) is 0 Å². The van der Waals surface area contributed by atoms with E-state index in [1.165, 1.54) is 0 Å². The maximum atomic E-state index is 12.5. The summed E-state index contributed by atoms with van der Waals surface area (Å²) in [6, 6.07) is 6.02. The summed E-state index contributed by atoms with van der Waals surface area (Å²) >= 11 is 0. The molecule has 0 aliphatic heterocycles. The number of benzene rings is 1. The van der Waals surface area contributed by atoms with Crippen molar-refractivity contribution in [1.29, 1.82) is 0 Å². The third kappa shape index (κ3) is 2.79. The Labute approximate surface area is 114 Å². The Morgan fingerprint density at radius 2 is 2.10 bits per heavy atom. The van der Waals surface area contributed by atoms with Crippen LogP contribution in [0.15, 0.2) is 24.3 Å². The molecule has 106 valence electrons. The number of aliphatic carboxylic acids is 1. The van der Waals surface area contributed by atoms with Crippen LogP contribution in [0.3, 0.4) is 0 Å². The van der Waals surface area contributed by atoms with Crippen LogP contribution in [0.25, 0.3) is 10.9 Å². The van der Waals surface area contributed by atoms with Crippen molar-refractivity contribution in [1.82, 2.24) is 10.3 Å². The Morgan fingerprint density at radius 1 is 1.40 bits per heavy atom. The summed E-state index contributed by atoms with van der Waals surface area (Å²) < 4.78 is 12.5. The number of hydrogen-bond acceptors (Lipinski definition) is 2. The molecule has 0 spiro atoms. The monoisotopic (exact) mass is 278 g/mol. The molecular formula is C14H15FN2O3. The Hall–Kier alpha value is -2.37. The van der Waals surface area contributed by atoms with Gasteiger partial charge in [0.2, 0.25) is 5.91 Å². The van der Waals surface area contributed by atoms with Crippen LogP contribution in [0, 0.1) is 6.92 Å². The van der Waals surface area contributed by atoms with Gasteiger partial charge in [-0.1, -0.05) is 18.2 Å². The van der Waals surface area contributed by atoms with E-state index in [-0.39, 0.29) is 6.42 Å². The summed E-state index contributed by atoms with van der Waals surface area (Å²) in [4.78, 5) is 25.7. The minimum atomic E-state index is -1.49. The quantitative estimate of drug-likeness (QED) is 0.776. The molecule has 0 aliphatic rings. The second kappa shape index (κ2) is 5.73. The van der Waals surface area contributed by atoms with Gasteiger partial charge in [-0.05, 0) is 18.6 Å². The van der Waals surface area contributed by atoms with Crippen molar-refractivity contribution in [3.05, 3.63) is 35.5 Å². The number of carbonyl (C=O) groups is 2. The van der Waals surface area contributed by atoms with Gasteiger partial charge in [0, 0.05) is 16.6 Å². The maximum absolute atomic E-state index is 12.5. The smallest absolute Gasteiger partial charge is 0.328 e. The molecule has 0 bridgehead atoms. The molecule has 20 heavy (non-hydrogen) atoms. The number of carboxylic acid groups (broad SMARTS) is 1. The molecule has 0 radical (unpaired) electrons. The molecular weight excluding hydrogens is 263 g/mol. The van der Waals surface area contributed by atoms with E-state index in [4.69, 9.17) is 5.11 Å². The fraction of sp³-hybridized carbons (Fsp3) is 0.286. The third-order valence-electron chi connectivity index (χ3n) is 3.15. The van der Waals surface area contributed by atoms with Gasteiger partial charge < -0.3 is 15.4 Å². The zero-order valence-corrected chi connectivity index (χ0v) is 10.9. The van der Waals surface area contributed by atoms with Crippen LogP contribution in [0.1, 0.15) is 11.3 Å². The van der Waals surface area contributed by atoms with Gasteiger partial charge in [-0.15, -0.1) is 0 Å². The number of aromatic nitrogens is 1. The number of para-hydroxylation sites is 1. The van der Waals surface area contributed by atoms with E-state index in [1.807, 2.05) is 31.2 Å². The summed E-state index contributed by atoms with van der Waals surface area (Å²) in [5.41, 5.74) is 2.54. The molecule has 2 aromatic rings. The van der Waals surface area contributed by atoms with Gasteiger partial charge in [0.05, 0.1) is 6.42 Å². The van der Waals surface area contributed by atoms with E-state index in [0.29, 0.717) is 0 Å². The second-order valence-corrected chi connectivity index (χ2v) is 4.56. The van der Waals surface area contributed by atoms with Crippen LogP contribution >= 0.6 is 0 Å². The van der Waals surface area contributed by atoms with Crippen LogP contribution in [0.2, 0.25) is 0 Å². The SMILES string of the molecule is Cc1[nH]c2ccccc2c1CC(=O)NC(CF)C(=O)O. The van der Waals surface area contributed by atoms with Gasteiger partial charge in [-0.3, -0.25) is 4.79 Å². The van der Waals surface area contributed by atoms with Crippen LogP contribution in [-0.2, 0) is 16.0 Å². The normalized spacial score (nSPS) is 12.3. The van der Waals surface area contributed by atoms with E-state index < -0.39 is 24.6 Å². The number of rotatable bonds is 5. The average molecular weight is 278 g/mol. The predicted octanol–water partition coefficient (Wildman–Crippen LogP) is 1.56. The molecule has 0 fully saturated rings. The van der Waals surface area contributed by atoms with Gasteiger partial charge in [0.1, 0.15) is 6.67 Å². The summed E-state index contributed by atoms with van der Waals surface area (Å²) in [6.45, 7) is 0.709. The number of fused-ring (bicyclic) bond motifs is 1. The number of alkyl halides is 1. The summed E-state index contributed by atoms with van der Waals surface area (Å²) in [5, 5.41) is 11.8. The lowest BCUT2D eigenvalue weighted by Crippen LogP contribution is -2.43. The van der Waals surface area contributed by atoms with E-state index in [2.05, 4.69) is 10.3 Å². The van der Waals surface area contributed by atoms with Crippen molar-refractivity contribution < 1.29 is 19.1 Å². The van der Waals surface area contributed by atoms with Gasteiger partial charge in [0.25, 0.3) is 0 Å². The van der Waals surface area contributed by atoms with Crippen molar-refractivity contribution >= 4 is 22.8 Å². The molecule has 1 amide bonds. The molecule has 6 heteroatoms. The summed E-state index contributed by atoms with van der Waals surface area (Å²) in [5.74, 6) is -1.89. The number of nitrogens with one attached hydrogen (secondary N) is 2. The number of amides is 1. The minimum Gasteiger partial charge on any atom is -0.480 e. The van der Waals surface area contributed by atoms with Gasteiger partial charge in [-0.25, -0.2) is 9.18 Å². The highest BCUT2D eigenvalue weighted by Crippen LogP contribution is 2.22. The van der Waals surface area contributed by atoms with E-state index >= 15 is 0 Å².